The largest absolute Gasteiger partial charge is 0.352 e. The lowest BCUT2D eigenvalue weighted by molar-refractivity contribution is -0.139. The summed E-state index contributed by atoms with van der Waals surface area (Å²) < 4.78 is 26.3. The van der Waals surface area contributed by atoms with E-state index in [9.17, 15) is 18.0 Å². The molecular formula is C26H34ClN3O4S. The number of aryl methyl sites for hydroxylation is 1. The SMILES string of the molecule is Cc1cccc(N(CC(=O)N(Cc2ccccc2Cl)C(C)C(=O)NC2CCCCC2)S(C)(=O)=O)c1. The minimum atomic E-state index is -3.75. The summed E-state index contributed by atoms with van der Waals surface area (Å²) in [7, 11) is -3.75. The Bertz CT molecular complexity index is 1150. The Labute approximate surface area is 213 Å². The minimum absolute atomic E-state index is 0.0865. The maximum absolute atomic E-state index is 13.6. The first-order chi connectivity index (χ1) is 16.6. The summed E-state index contributed by atoms with van der Waals surface area (Å²) >= 11 is 6.36. The molecule has 2 aromatic rings. The number of nitrogens with zero attached hydrogens (tertiary/aromatic N) is 2. The van der Waals surface area contributed by atoms with Crippen molar-refractivity contribution in [1.82, 2.24) is 10.2 Å². The number of hydrogen-bond donors (Lipinski definition) is 1. The van der Waals surface area contributed by atoms with Crippen LogP contribution in [0.1, 0.15) is 50.2 Å². The summed E-state index contributed by atoms with van der Waals surface area (Å²) in [4.78, 5) is 28.2. The average Bonchev–Trinajstić information content (AvgIpc) is 2.81. The van der Waals surface area contributed by atoms with Gasteiger partial charge in [0.05, 0.1) is 11.9 Å². The molecule has 9 heteroatoms. The van der Waals surface area contributed by atoms with Gasteiger partial charge in [-0.2, -0.15) is 0 Å². The lowest BCUT2D eigenvalue weighted by atomic mass is 9.95. The summed E-state index contributed by atoms with van der Waals surface area (Å²) in [5.74, 6) is -0.734. The molecule has 7 nitrogen and oxygen atoms in total. The summed E-state index contributed by atoms with van der Waals surface area (Å²) in [6.07, 6.45) is 6.22. The number of amides is 2. The van der Waals surface area contributed by atoms with Crippen LogP contribution in [0.2, 0.25) is 5.02 Å². The molecule has 190 valence electrons. The fourth-order valence-corrected chi connectivity index (χ4v) is 5.40. The lowest BCUT2D eigenvalue weighted by Crippen LogP contribution is -2.53. The van der Waals surface area contributed by atoms with Crippen LogP contribution >= 0.6 is 11.6 Å². The van der Waals surface area contributed by atoms with Gasteiger partial charge >= 0.3 is 0 Å². The molecule has 3 rings (SSSR count). The zero-order valence-electron chi connectivity index (χ0n) is 20.5. The molecule has 0 saturated heterocycles. The number of hydrogen-bond acceptors (Lipinski definition) is 4. The first-order valence-corrected chi connectivity index (χ1v) is 14.2. The zero-order chi connectivity index (χ0) is 25.6. The number of nitrogens with one attached hydrogen (secondary N) is 1. The van der Waals surface area contributed by atoms with E-state index in [1.54, 1.807) is 43.3 Å². The van der Waals surface area contributed by atoms with E-state index in [1.165, 1.54) is 11.3 Å². The Hall–Kier alpha value is -2.58. The van der Waals surface area contributed by atoms with E-state index in [1.807, 2.05) is 19.1 Å². The maximum Gasteiger partial charge on any atom is 0.244 e. The molecule has 0 heterocycles. The second-order valence-corrected chi connectivity index (χ2v) is 11.6. The van der Waals surface area contributed by atoms with E-state index < -0.39 is 28.5 Å². The molecular weight excluding hydrogens is 486 g/mol. The van der Waals surface area contributed by atoms with E-state index >= 15 is 0 Å². The molecule has 2 amide bonds. The van der Waals surface area contributed by atoms with Crippen LogP contribution in [0.4, 0.5) is 5.69 Å². The summed E-state index contributed by atoms with van der Waals surface area (Å²) in [6, 6.07) is 13.4. The summed E-state index contributed by atoms with van der Waals surface area (Å²) in [5.41, 5.74) is 1.95. The van der Waals surface area contributed by atoms with E-state index in [0.717, 1.165) is 41.8 Å². The van der Waals surface area contributed by atoms with Crippen LogP contribution in [-0.4, -0.2) is 50.0 Å². The highest BCUT2D eigenvalue weighted by molar-refractivity contribution is 7.92. The molecule has 0 aliphatic heterocycles. The number of sulfonamides is 1. The van der Waals surface area contributed by atoms with Crippen molar-refractivity contribution in [2.24, 2.45) is 0 Å². The third-order valence-corrected chi connectivity index (χ3v) is 7.90. The van der Waals surface area contributed by atoms with E-state index in [4.69, 9.17) is 11.6 Å². The van der Waals surface area contributed by atoms with Crippen molar-refractivity contribution in [3.63, 3.8) is 0 Å². The van der Waals surface area contributed by atoms with Gasteiger partial charge in [-0.3, -0.25) is 13.9 Å². The topological polar surface area (TPSA) is 86.8 Å². The van der Waals surface area contributed by atoms with E-state index in [2.05, 4.69) is 5.32 Å². The maximum atomic E-state index is 13.6. The third-order valence-electron chi connectivity index (χ3n) is 6.39. The van der Waals surface area contributed by atoms with Gasteiger partial charge in [0.2, 0.25) is 21.8 Å². The van der Waals surface area contributed by atoms with Crippen molar-refractivity contribution in [3.05, 3.63) is 64.7 Å². The number of halogens is 1. The highest BCUT2D eigenvalue weighted by Gasteiger charge is 2.31. The summed E-state index contributed by atoms with van der Waals surface area (Å²) in [6.45, 7) is 3.19. The van der Waals surface area contributed by atoms with Gasteiger partial charge in [-0.1, -0.05) is 61.2 Å². The predicted molar refractivity (Wildman–Crippen MR) is 140 cm³/mol. The molecule has 1 aliphatic rings. The van der Waals surface area contributed by atoms with Gasteiger partial charge in [-0.05, 0) is 56.0 Å². The quantitative estimate of drug-likeness (QED) is 0.535. The highest BCUT2D eigenvalue weighted by Crippen LogP contribution is 2.23. The molecule has 0 spiro atoms. The first-order valence-electron chi connectivity index (χ1n) is 11.9. The van der Waals surface area contributed by atoms with E-state index in [-0.39, 0.29) is 18.5 Å². The fraction of sp³-hybridized carbons (Fsp3) is 0.462. The Morgan fingerprint density at radius 2 is 1.77 bits per heavy atom. The van der Waals surface area contributed by atoms with Crippen molar-refractivity contribution in [3.8, 4) is 0 Å². The van der Waals surface area contributed by atoms with Gasteiger partial charge in [-0.25, -0.2) is 8.42 Å². The lowest BCUT2D eigenvalue weighted by Gasteiger charge is -2.33. The Balaban J connectivity index is 1.88. The second kappa shape index (κ2) is 11.9. The van der Waals surface area contributed by atoms with Gasteiger partial charge in [0, 0.05) is 17.6 Å². The smallest absolute Gasteiger partial charge is 0.244 e. The Morgan fingerprint density at radius 1 is 1.09 bits per heavy atom. The van der Waals surface area contributed by atoms with Crippen molar-refractivity contribution in [1.29, 1.82) is 0 Å². The Morgan fingerprint density at radius 3 is 2.40 bits per heavy atom. The molecule has 1 atom stereocenters. The van der Waals surface area contributed by atoms with Crippen molar-refractivity contribution < 1.29 is 18.0 Å². The number of carbonyl (C=O) groups is 2. The molecule has 1 N–H and O–H groups in total. The van der Waals surface area contributed by atoms with Gasteiger partial charge in [0.25, 0.3) is 0 Å². The van der Waals surface area contributed by atoms with Crippen LogP contribution in [0.25, 0.3) is 0 Å². The Kier molecular flexibility index (Phi) is 9.19. The molecule has 0 bridgehead atoms. The van der Waals surface area contributed by atoms with E-state index in [0.29, 0.717) is 16.3 Å². The van der Waals surface area contributed by atoms with Crippen LogP contribution < -0.4 is 9.62 Å². The molecule has 1 fully saturated rings. The predicted octanol–water partition coefficient (Wildman–Crippen LogP) is 4.28. The molecule has 1 aliphatic carbocycles. The van der Waals surface area contributed by atoms with Crippen molar-refractivity contribution >= 4 is 39.1 Å². The van der Waals surface area contributed by atoms with Crippen molar-refractivity contribution in [2.45, 2.75) is 64.6 Å². The molecule has 0 aromatic heterocycles. The standard InChI is InChI=1S/C26H34ClN3O4S/c1-19-10-9-14-23(16-19)30(35(3,33)34)18-25(31)29(17-21-11-7-8-15-24(21)27)20(2)26(32)28-22-12-5-4-6-13-22/h7-11,14-16,20,22H,4-6,12-13,17-18H2,1-3H3,(H,28,32). The van der Waals surface area contributed by atoms with Gasteiger partial charge in [-0.15, -0.1) is 0 Å². The van der Waals surface area contributed by atoms with Crippen molar-refractivity contribution in [2.75, 3.05) is 17.1 Å². The number of rotatable bonds is 9. The van der Waals surface area contributed by atoms with Crippen LogP contribution in [0.15, 0.2) is 48.5 Å². The molecule has 1 saturated carbocycles. The normalized spacial score (nSPS) is 15.3. The monoisotopic (exact) mass is 519 g/mol. The highest BCUT2D eigenvalue weighted by atomic mass is 35.5. The number of anilines is 1. The molecule has 1 unspecified atom stereocenters. The summed E-state index contributed by atoms with van der Waals surface area (Å²) in [5, 5.41) is 3.56. The van der Waals surface area contributed by atoms with Crippen LogP contribution in [0, 0.1) is 6.92 Å². The van der Waals surface area contributed by atoms with Gasteiger partial charge < -0.3 is 10.2 Å². The third kappa shape index (κ3) is 7.45. The van der Waals surface area contributed by atoms with Gasteiger partial charge in [0.1, 0.15) is 12.6 Å². The molecule has 2 aromatic carbocycles. The first kappa shape index (κ1) is 27.0. The molecule has 35 heavy (non-hydrogen) atoms. The van der Waals surface area contributed by atoms with Crippen LogP contribution in [0.5, 0.6) is 0 Å². The fourth-order valence-electron chi connectivity index (χ4n) is 4.36. The van der Waals surface area contributed by atoms with Gasteiger partial charge in [0.15, 0.2) is 0 Å². The van der Waals surface area contributed by atoms with Crippen LogP contribution in [-0.2, 0) is 26.2 Å². The number of benzene rings is 2. The van der Waals surface area contributed by atoms with Crippen LogP contribution in [0.3, 0.4) is 0 Å². The zero-order valence-corrected chi connectivity index (χ0v) is 22.1. The molecule has 0 radical (unpaired) electrons. The minimum Gasteiger partial charge on any atom is -0.352 e. The number of carbonyl (C=O) groups excluding carboxylic acids is 2. The average molecular weight is 520 g/mol. The second-order valence-electron chi connectivity index (χ2n) is 9.24.